The van der Waals surface area contributed by atoms with E-state index in [1.165, 1.54) is 33.5 Å². The zero-order valence-corrected chi connectivity index (χ0v) is 16.7. The van der Waals surface area contributed by atoms with Gasteiger partial charge in [-0.25, -0.2) is 18.9 Å². The Morgan fingerprint density at radius 1 is 1.22 bits per heavy atom. The predicted molar refractivity (Wildman–Crippen MR) is 103 cm³/mol. The number of pyridine rings is 1. The lowest BCUT2D eigenvalue weighted by Gasteiger charge is -2.22. The lowest BCUT2D eigenvalue weighted by Crippen LogP contribution is -2.26. The van der Waals surface area contributed by atoms with Gasteiger partial charge >= 0.3 is 0 Å². The van der Waals surface area contributed by atoms with E-state index in [1.807, 2.05) is 0 Å². The Balaban J connectivity index is 2.55. The van der Waals surface area contributed by atoms with Crippen LogP contribution in [-0.2, 0) is 14.9 Å². The Morgan fingerprint density at radius 2 is 1.93 bits per heavy atom. The van der Waals surface area contributed by atoms with E-state index < -0.39 is 15.9 Å². The van der Waals surface area contributed by atoms with Crippen molar-refractivity contribution < 1.29 is 22.8 Å². The summed E-state index contributed by atoms with van der Waals surface area (Å²) in [6, 6.07) is 6.28. The van der Waals surface area contributed by atoms with Gasteiger partial charge in [-0.3, -0.25) is 13.9 Å². The van der Waals surface area contributed by atoms with Crippen LogP contribution < -0.4 is 19.8 Å². The van der Waals surface area contributed by atoms with Gasteiger partial charge in [-0.1, -0.05) is 11.6 Å². The van der Waals surface area contributed by atoms with Gasteiger partial charge in [0.1, 0.15) is 10.9 Å². The van der Waals surface area contributed by atoms with Gasteiger partial charge in [-0.05, 0) is 18.2 Å². The van der Waals surface area contributed by atoms with Crippen LogP contribution in [0.25, 0.3) is 0 Å². The van der Waals surface area contributed by atoms with Crippen molar-refractivity contribution in [1.82, 2.24) is 10.5 Å². The van der Waals surface area contributed by atoms with Crippen molar-refractivity contribution in [3.63, 3.8) is 0 Å². The average Bonchev–Trinajstić information content (AvgIpc) is 2.61. The number of ether oxygens (including phenoxy) is 1. The molecule has 0 fully saturated rings. The quantitative estimate of drug-likeness (QED) is 0.527. The van der Waals surface area contributed by atoms with Gasteiger partial charge in [0.05, 0.1) is 43.1 Å². The molecule has 2 rings (SSSR count). The molecule has 27 heavy (non-hydrogen) atoms. The first-order valence-electron chi connectivity index (χ1n) is 7.55. The van der Waals surface area contributed by atoms with Crippen LogP contribution in [0.3, 0.4) is 0 Å². The second-order valence-corrected chi connectivity index (χ2v) is 7.83. The molecule has 0 atom stereocenters. The van der Waals surface area contributed by atoms with Crippen molar-refractivity contribution in [3.05, 3.63) is 41.2 Å². The van der Waals surface area contributed by atoms with Gasteiger partial charge < -0.3 is 10.1 Å². The van der Waals surface area contributed by atoms with E-state index in [4.69, 9.17) is 16.3 Å². The third kappa shape index (κ3) is 5.00. The Bertz CT molecular complexity index is 952. The smallest absolute Gasteiger partial charge is 0.278 e. The van der Waals surface area contributed by atoms with Crippen LogP contribution in [0.4, 0.5) is 17.1 Å². The van der Waals surface area contributed by atoms with Crippen LogP contribution >= 0.6 is 11.6 Å². The summed E-state index contributed by atoms with van der Waals surface area (Å²) < 4.78 is 30.3. The molecule has 2 N–H and O–H groups in total. The molecule has 1 aromatic heterocycles. The molecule has 1 amide bonds. The number of hydroxylamine groups is 1. The topological polar surface area (TPSA) is 110 Å². The molecule has 146 valence electrons. The molecule has 0 aliphatic carbocycles. The Kier molecular flexibility index (Phi) is 6.47. The van der Waals surface area contributed by atoms with Crippen LogP contribution in [0.2, 0.25) is 5.15 Å². The monoisotopic (exact) mass is 414 g/mol. The number of benzene rings is 1. The molecule has 0 aliphatic heterocycles. The van der Waals surface area contributed by atoms with E-state index in [0.29, 0.717) is 22.8 Å². The van der Waals surface area contributed by atoms with Gasteiger partial charge in [0, 0.05) is 19.3 Å². The number of nitrogens with one attached hydrogen (secondary N) is 2. The molecule has 0 aliphatic rings. The number of hydrogen-bond donors (Lipinski definition) is 2. The predicted octanol–water partition coefficient (Wildman–Crippen LogP) is 2.17. The van der Waals surface area contributed by atoms with E-state index in [2.05, 4.69) is 20.6 Å². The summed E-state index contributed by atoms with van der Waals surface area (Å²) in [6.45, 7) is 0. The van der Waals surface area contributed by atoms with Gasteiger partial charge in [0.25, 0.3) is 5.91 Å². The summed E-state index contributed by atoms with van der Waals surface area (Å²) in [7, 11) is 0.649. The normalized spacial score (nSPS) is 11.0. The zero-order chi connectivity index (χ0) is 20.2. The fraction of sp³-hybridized carbons (Fsp3) is 0.250. The molecule has 1 aromatic carbocycles. The lowest BCUT2D eigenvalue weighted by molar-refractivity contribution is 0.0538. The number of sulfonamides is 1. The number of halogens is 1. The number of methoxy groups -OCH3 is 1. The van der Waals surface area contributed by atoms with Crippen LogP contribution in [0, 0.1) is 0 Å². The summed E-state index contributed by atoms with van der Waals surface area (Å²) in [5.74, 6) is -0.0770. The largest absolute Gasteiger partial charge is 0.497 e. The third-order valence-corrected chi connectivity index (χ3v) is 5.02. The fourth-order valence-corrected chi connectivity index (χ4v) is 2.86. The van der Waals surface area contributed by atoms with Crippen LogP contribution in [0.5, 0.6) is 5.75 Å². The summed E-state index contributed by atoms with van der Waals surface area (Å²) in [5, 5.41) is 3.17. The van der Waals surface area contributed by atoms with Crippen LogP contribution in [-0.4, -0.2) is 46.8 Å². The van der Waals surface area contributed by atoms with Gasteiger partial charge in [-0.15, -0.1) is 0 Å². The number of anilines is 3. The first-order valence-corrected chi connectivity index (χ1v) is 9.77. The minimum absolute atomic E-state index is 0.151. The van der Waals surface area contributed by atoms with E-state index in [1.54, 1.807) is 18.2 Å². The van der Waals surface area contributed by atoms with Crippen molar-refractivity contribution in [3.8, 4) is 5.75 Å². The Labute approximate surface area is 162 Å². The molecule has 0 bridgehead atoms. The summed E-state index contributed by atoms with van der Waals surface area (Å²) in [5.41, 5.74) is 3.41. The zero-order valence-electron chi connectivity index (χ0n) is 15.1. The molecule has 0 saturated carbocycles. The molecule has 0 saturated heterocycles. The summed E-state index contributed by atoms with van der Waals surface area (Å²) in [4.78, 5) is 20.7. The highest BCUT2D eigenvalue weighted by atomic mass is 35.5. The van der Waals surface area contributed by atoms with Gasteiger partial charge in [0.2, 0.25) is 10.0 Å². The average molecular weight is 415 g/mol. The highest BCUT2D eigenvalue weighted by Crippen LogP contribution is 2.34. The Hall–Kier alpha value is -2.56. The summed E-state index contributed by atoms with van der Waals surface area (Å²) in [6.07, 6.45) is 2.36. The second-order valence-electron chi connectivity index (χ2n) is 5.43. The van der Waals surface area contributed by atoms with E-state index in [9.17, 15) is 13.2 Å². The maximum Gasteiger partial charge on any atom is 0.278 e. The second kappa shape index (κ2) is 8.42. The van der Waals surface area contributed by atoms with E-state index >= 15 is 0 Å². The maximum atomic E-state index is 12.2. The number of hydrogen-bond acceptors (Lipinski definition) is 7. The highest BCUT2D eigenvalue weighted by Gasteiger charge is 2.19. The minimum Gasteiger partial charge on any atom is -0.497 e. The first kappa shape index (κ1) is 20.7. The van der Waals surface area contributed by atoms with Gasteiger partial charge in [-0.2, -0.15) is 0 Å². The number of carbonyl (C=O) groups excluding carboxylic acids is 1. The SMILES string of the molecule is CONC(=O)c1cnc(Cl)cc1Nc1ccc(OC)cc1N(C)S(C)(=O)=O. The van der Waals surface area contributed by atoms with E-state index in [0.717, 1.165) is 10.6 Å². The fourth-order valence-electron chi connectivity index (χ4n) is 2.19. The Morgan fingerprint density at radius 3 is 2.52 bits per heavy atom. The van der Waals surface area contributed by atoms with Crippen LogP contribution in [0.1, 0.15) is 10.4 Å². The molecule has 1 heterocycles. The van der Waals surface area contributed by atoms with Crippen molar-refractivity contribution in [2.75, 3.05) is 37.1 Å². The number of nitrogens with zero attached hydrogens (tertiary/aromatic N) is 2. The van der Waals surface area contributed by atoms with E-state index in [-0.39, 0.29) is 10.7 Å². The molecule has 2 aromatic rings. The number of carbonyl (C=O) groups is 1. The van der Waals surface area contributed by atoms with Crippen molar-refractivity contribution in [1.29, 1.82) is 0 Å². The lowest BCUT2D eigenvalue weighted by atomic mass is 10.2. The molecule has 11 heteroatoms. The molecule has 0 unspecified atom stereocenters. The van der Waals surface area contributed by atoms with Crippen LogP contribution in [0.15, 0.2) is 30.5 Å². The first-order chi connectivity index (χ1) is 12.7. The minimum atomic E-state index is -3.54. The van der Waals surface area contributed by atoms with Crippen molar-refractivity contribution in [2.24, 2.45) is 0 Å². The highest BCUT2D eigenvalue weighted by molar-refractivity contribution is 7.92. The molecular formula is C16H19ClN4O5S. The number of aromatic nitrogens is 1. The number of rotatable bonds is 7. The van der Waals surface area contributed by atoms with Crippen molar-refractivity contribution in [2.45, 2.75) is 0 Å². The van der Waals surface area contributed by atoms with Gasteiger partial charge in [0.15, 0.2) is 0 Å². The van der Waals surface area contributed by atoms with Crippen molar-refractivity contribution >= 4 is 44.6 Å². The molecule has 9 nitrogen and oxygen atoms in total. The maximum absolute atomic E-state index is 12.2. The molecule has 0 spiro atoms. The molecule has 0 radical (unpaired) electrons. The third-order valence-electron chi connectivity index (χ3n) is 3.62. The molecular weight excluding hydrogens is 396 g/mol. The number of amides is 1. The summed E-state index contributed by atoms with van der Waals surface area (Å²) >= 11 is 5.95. The standard InChI is InChI=1S/C16H19ClN4O5S/c1-21(27(4,23)24)14-7-10(25-2)5-6-12(14)19-13-8-15(17)18-9-11(13)16(22)20-26-3/h5-9H,1-4H3,(H,18,19)(H,20,22).